The molecule has 0 fully saturated rings. The molecule has 1 aliphatic rings. The number of aryl methyl sites for hydroxylation is 1. The zero-order valence-corrected chi connectivity index (χ0v) is 11.0. The number of hydrogen-bond donors (Lipinski definition) is 0. The summed E-state index contributed by atoms with van der Waals surface area (Å²) in [7, 11) is 0. The third-order valence-electron chi connectivity index (χ3n) is 3.15. The number of nitrogens with zero attached hydrogens (tertiary/aromatic N) is 1. The molecule has 0 spiro atoms. The number of ether oxygens (including phenoxy) is 1. The van der Waals surface area contributed by atoms with Gasteiger partial charge in [0.15, 0.2) is 0 Å². The second-order valence-electron chi connectivity index (χ2n) is 4.92. The Bertz CT molecular complexity index is 475. The Morgan fingerprint density at radius 2 is 2.11 bits per heavy atom. The maximum absolute atomic E-state index is 12.2. The molecule has 0 saturated heterocycles. The van der Waals surface area contributed by atoms with Crippen LogP contribution in [0.1, 0.15) is 25.8 Å². The van der Waals surface area contributed by atoms with Crippen LogP contribution < -0.4 is 9.64 Å². The van der Waals surface area contributed by atoms with Crippen molar-refractivity contribution in [2.45, 2.75) is 33.3 Å². The number of carbonyl (C=O) groups is 1. The minimum absolute atomic E-state index is 0.0588. The summed E-state index contributed by atoms with van der Waals surface area (Å²) in [6.45, 7) is 1.56. The molecule has 104 valence electrons. The second-order valence-corrected chi connectivity index (χ2v) is 4.92. The fraction of sp³-hybridized carbons (Fsp3) is 0.500. The molecule has 5 heteroatoms. The van der Waals surface area contributed by atoms with Gasteiger partial charge in [-0.15, -0.1) is 0 Å². The Morgan fingerprint density at radius 1 is 1.37 bits per heavy atom. The van der Waals surface area contributed by atoms with Gasteiger partial charge in [0.25, 0.3) is 0 Å². The first-order chi connectivity index (χ1) is 8.99. The van der Waals surface area contributed by atoms with E-state index in [2.05, 4.69) is 4.74 Å². The van der Waals surface area contributed by atoms with Crippen LogP contribution in [0.15, 0.2) is 18.2 Å². The molecule has 0 bridgehead atoms. The highest BCUT2D eigenvalue weighted by molar-refractivity contribution is 5.95. The quantitative estimate of drug-likeness (QED) is 0.843. The molecule has 1 amide bonds. The van der Waals surface area contributed by atoms with Gasteiger partial charge in [-0.1, -0.05) is 13.8 Å². The maximum Gasteiger partial charge on any atom is 0.387 e. The van der Waals surface area contributed by atoms with Gasteiger partial charge in [-0.3, -0.25) is 4.79 Å². The third kappa shape index (κ3) is 3.03. The number of carbonyl (C=O) groups excluding carboxylic acids is 1. The van der Waals surface area contributed by atoms with E-state index < -0.39 is 6.61 Å². The van der Waals surface area contributed by atoms with Gasteiger partial charge in [0, 0.05) is 18.2 Å². The predicted molar refractivity (Wildman–Crippen MR) is 68.6 cm³/mol. The van der Waals surface area contributed by atoms with E-state index in [0.717, 1.165) is 24.1 Å². The Kier molecular flexibility index (Phi) is 4.02. The largest absolute Gasteiger partial charge is 0.435 e. The average molecular weight is 269 g/mol. The highest BCUT2D eigenvalue weighted by atomic mass is 19.3. The summed E-state index contributed by atoms with van der Waals surface area (Å²) in [4.78, 5) is 13.8. The van der Waals surface area contributed by atoms with Crippen LogP contribution in [0.5, 0.6) is 5.75 Å². The van der Waals surface area contributed by atoms with Crippen molar-refractivity contribution in [1.29, 1.82) is 0 Å². The van der Waals surface area contributed by atoms with E-state index in [4.69, 9.17) is 0 Å². The summed E-state index contributed by atoms with van der Waals surface area (Å²) in [5.41, 5.74) is 1.70. The first-order valence-electron chi connectivity index (χ1n) is 6.38. The molecule has 1 aromatic carbocycles. The number of rotatable bonds is 3. The van der Waals surface area contributed by atoms with Gasteiger partial charge in [0.2, 0.25) is 5.91 Å². The van der Waals surface area contributed by atoms with Crippen molar-refractivity contribution in [2.75, 3.05) is 11.4 Å². The van der Waals surface area contributed by atoms with Crippen molar-refractivity contribution in [1.82, 2.24) is 0 Å². The van der Waals surface area contributed by atoms with E-state index in [9.17, 15) is 13.6 Å². The zero-order chi connectivity index (χ0) is 14.0. The number of fused-ring (bicyclic) bond motifs is 1. The van der Waals surface area contributed by atoms with Gasteiger partial charge < -0.3 is 9.64 Å². The molecular formula is C14H17F2NO2. The number of amides is 1. The van der Waals surface area contributed by atoms with Gasteiger partial charge >= 0.3 is 6.61 Å². The van der Waals surface area contributed by atoms with Crippen LogP contribution in [0.2, 0.25) is 0 Å². The van der Waals surface area contributed by atoms with Crippen LogP contribution in [-0.2, 0) is 11.2 Å². The van der Waals surface area contributed by atoms with E-state index in [-0.39, 0.29) is 17.6 Å². The smallest absolute Gasteiger partial charge is 0.387 e. The first-order valence-corrected chi connectivity index (χ1v) is 6.38. The van der Waals surface area contributed by atoms with Crippen molar-refractivity contribution in [2.24, 2.45) is 5.92 Å². The molecule has 0 aliphatic carbocycles. The molecule has 0 saturated carbocycles. The van der Waals surface area contributed by atoms with Crippen molar-refractivity contribution in [3.8, 4) is 5.75 Å². The number of benzene rings is 1. The van der Waals surface area contributed by atoms with E-state index in [1.54, 1.807) is 17.0 Å². The molecule has 0 unspecified atom stereocenters. The normalized spacial score (nSPS) is 14.7. The van der Waals surface area contributed by atoms with Crippen LogP contribution in [0.4, 0.5) is 14.5 Å². The molecule has 3 nitrogen and oxygen atoms in total. The number of hydrogen-bond acceptors (Lipinski definition) is 2. The summed E-state index contributed by atoms with van der Waals surface area (Å²) in [6.07, 6.45) is 1.61. The number of alkyl halides is 2. The van der Waals surface area contributed by atoms with Crippen molar-refractivity contribution in [3.05, 3.63) is 23.8 Å². The molecule has 0 N–H and O–H groups in total. The average Bonchev–Trinajstić information content (AvgIpc) is 2.36. The molecule has 1 heterocycles. The molecular weight excluding hydrogens is 252 g/mol. The van der Waals surface area contributed by atoms with Crippen LogP contribution >= 0.6 is 0 Å². The molecule has 0 atom stereocenters. The van der Waals surface area contributed by atoms with Crippen LogP contribution in [0.25, 0.3) is 0 Å². The Labute approximate surface area is 111 Å². The molecule has 19 heavy (non-hydrogen) atoms. The second kappa shape index (κ2) is 5.55. The molecule has 1 aliphatic heterocycles. The minimum atomic E-state index is -2.82. The van der Waals surface area contributed by atoms with Crippen molar-refractivity contribution in [3.63, 3.8) is 0 Å². The van der Waals surface area contributed by atoms with E-state index in [1.807, 2.05) is 13.8 Å². The summed E-state index contributed by atoms with van der Waals surface area (Å²) in [5, 5.41) is 0. The molecule has 2 rings (SSSR count). The summed E-state index contributed by atoms with van der Waals surface area (Å²) >= 11 is 0. The van der Waals surface area contributed by atoms with Crippen LogP contribution in [0, 0.1) is 5.92 Å². The summed E-state index contributed by atoms with van der Waals surface area (Å²) in [6, 6.07) is 4.77. The summed E-state index contributed by atoms with van der Waals surface area (Å²) < 4.78 is 28.7. The Morgan fingerprint density at radius 3 is 2.74 bits per heavy atom. The molecule has 0 radical (unpaired) electrons. The predicted octanol–water partition coefficient (Wildman–Crippen LogP) is 3.22. The van der Waals surface area contributed by atoms with Crippen molar-refractivity contribution < 1.29 is 18.3 Å². The highest BCUT2D eigenvalue weighted by Gasteiger charge is 2.24. The number of anilines is 1. The lowest BCUT2D eigenvalue weighted by Crippen LogP contribution is -2.38. The Hall–Kier alpha value is -1.65. The minimum Gasteiger partial charge on any atom is -0.435 e. The van der Waals surface area contributed by atoms with Crippen LogP contribution in [-0.4, -0.2) is 19.1 Å². The fourth-order valence-electron chi connectivity index (χ4n) is 2.29. The lowest BCUT2D eigenvalue weighted by molar-refractivity contribution is -0.121. The lowest BCUT2D eigenvalue weighted by atomic mass is 10.00. The standard InChI is InChI=1S/C14H17F2NO2/c1-9(2)13(18)17-7-3-4-10-8-11(19-14(15)16)5-6-12(10)17/h5-6,8-9,14H,3-4,7H2,1-2H3. The maximum atomic E-state index is 12.2. The fourth-order valence-corrected chi connectivity index (χ4v) is 2.29. The van der Waals surface area contributed by atoms with E-state index in [0.29, 0.717) is 6.54 Å². The van der Waals surface area contributed by atoms with Gasteiger partial charge in [-0.05, 0) is 36.6 Å². The Balaban J connectivity index is 2.28. The van der Waals surface area contributed by atoms with Crippen LogP contribution in [0.3, 0.4) is 0 Å². The van der Waals surface area contributed by atoms with Gasteiger partial charge in [-0.25, -0.2) is 0 Å². The topological polar surface area (TPSA) is 29.5 Å². The van der Waals surface area contributed by atoms with Crippen molar-refractivity contribution >= 4 is 11.6 Å². The van der Waals surface area contributed by atoms with Gasteiger partial charge in [0.1, 0.15) is 5.75 Å². The monoisotopic (exact) mass is 269 g/mol. The SMILES string of the molecule is CC(C)C(=O)N1CCCc2cc(OC(F)F)ccc21. The first kappa shape index (κ1) is 13.8. The highest BCUT2D eigenvalue weighted by Crippen LogP contribution is 2.31. The summed E-state index contributed by atoms with van der Waals surface area (Å²) in [5.74, 6) is 0.124. The lowest BCUT2D eigenvalue weighted by Gasteiger charge is -2.31. The van der Waals surface area contributed by atoms with Gasteiger partial charge in [0.05, 0.1) is 0 Å². The number of halogens is 2. The van der Waals surface area contributed by atoms with E-state index >= 15 is 0 Å². The van der Waals surface area contributed by atoms with E-state index in [1.165, 1.54) is 6.07 Å². The zero-order valence-electron chi connectivity index (χ0n) is 11.0. The third-order valence-corrected chi connectivity index (χ3v) is 3.15. The molecule has 1 aromatic rings. The molecule has 0 aromatic heterocycles. The van der Waals surface area contributed by atoms with Gasteiger partial charge in [-0.2, -0.15) is 8.78 Å².